The van der Waals surface area contributed by atoms with E-state index in [9.17, 15) is 4.79 Å². The second kappa shape index (κ2) is 6.51. The number of fused-ring (bicyclic) bond motifs is 1. The van der Waals surface area contributed by atoms with Crippen molar-refractivity contribution in [3.8, 4) is 11.5 Å². The van der Waals surface area contributed by atoms with Gasteiger partial charge in [-0.2, -0.15) is 0 Å². The number of hydrogen-bond acceptors (Lipinski definition) is 4. The van der Waals surface area contributed by atoms with Crippen molar-refractivity contribution in [3.63, 3.8) is 0 Å². The van der Waals surface area contributed by atoms with Crippen molar-refractivity contribution < 1.29 is 14.3 Å². The van der Waals surface area contributed by atoms with Crippen molar-refractivity contribution in [1.29, 1.82) is 0 Å². The molecule has 1 amide bonds. The lowest BCUT2D eigenvalue weighted by Crippen LogP contribution is -2.31. The zero-order chi connectivity index (χ0) is 16.4. The number of aromatic nitrogens is 1. The van der Waals surface area contributed by atoms with E-state index in [0.717, 1.165) is 42.9 Å². The quantitative estimate of drug-likeness (QED) is 0.851. The number of hydrogen-bond donors (Lipinski definition) is 0. The first kappa shape index (κ1) is 15.0. The predicted molar refractivity (Wildman–Crippen MR) is 89.3 cm³/mol. The Morgan fingerprint density at radius 1 is 1.08 bits per heavy atom. The molecular weight excluding hydrogens is 304 g/mol. The predicted octanol–water partition coefficient (Wildman–Crippen LogP) is 3.22. The fourth-order valence-electron chi connectivity index (χ4n) is 3.38. The molecule has 0 spiro atoms. The minimum absolute atomic E-state index is 0.00906. The van der Waals surface area contributed by atoms with Crippen LogP contribution in [-0.4, -0.2) is 35.5 Å². The number of benzene rings is 1. The van der Waals surface area contributed by atoms with Gasteiger partial charge in [0.15, 0.2) is 11.5 Å². The number of rotatable bonds is 2. The van der Waals surface area contributed by atoms with Crippen molar-refractivity contribution in [1.82, 2.24) is 9.88 Å². The van der Waals surface area contributed by atoms with Gasteiger partial charge in [0, 0.05) is 19.2 Å². The highest BCUT2D eigenvalue weighted by Crippen LogP contribution is 2.38. The van der Waals surface area contributed by atoms with Gasteiger partial charge in [0.25, 0.3) is 5.91 Å². The Hall–Kier alpha value is -2.56. The maximum absolute atomic E-state index is 12.8. The Kier molecular flexibility index (Phi) is 4.07. The van der Waals surface area contributed by atoms with Crippen LogP contribution in [0.15, 0.2) is 42.6 Å². The molecule has 1 saturated heterocycles. The summed E-state index contributed by atoms with van der Waals surface area (Å²) in [7, 11) is 0. The summed E-state index contributed by atoms with van der Waals surface area (Å²) in [5.74, 6) is 1.56. The normalized spacial score (nSPS) is 19.8. The minimum Gasteiger partial charge on any atom is -0.490 e. The zero-order valence-corrected chi connectivity index (χ0v) is 13.5. The van der Waals surface area contributed by atoms with E-state index < -0.39 is 0 Å². The summed E-state index contributed by atoms with van der Waals surface area (Å²) in [6.07, 6.45) is 4.50. The van der Waals surface area contributed by atoms with E-state index >= 15 is 0 Å². The summed E-state index contributed by atoms with van der Waals surface area (Å²) in [5, 5.41) is 0. The van der Waals surface area contributed by atoms with Crippen molar-refractivity contribution in [2.45, 2.75) is 25.3 Å². The van der Waals surface area contributed by atoms with E-state index in [1.165, 1.54) is 0 Å². The number of pyridine rings is 1. The summed E-state index contributed by atoms with van der Waals surface area (Å²) in [6, 6.07) is 11.5. The molecule has 0 saturated carbocycles. The summed E-state index contributed by atoms with van der Waals surface area (Å²) in [6.45, 7) is 2.10. The molecule has 124 valence electrons. The van der Waals surface area contributed by atoms with E-state index in [0.29, 0.717) is 18.9 Å². The van der Waals surface area contributed by atoms with E-state index in [4.69, 9.17) is 9.47 Å². The number of amides is 1. The van der Waals surface area contributed by atoms with Crippen LogP contribution in [0.25, 0.3) is 0 Å². The monoisotopic (exact) mass is 324 g/mol. The van der Waals surface area contributed by atoms with Gasteiger partial charge in [-0.3, -0.25) is 9.78 Å². The smallest absolute Gasteiger partial charge is 0.272 e. The second-order valence-electron chi connectivity index (χ2n) is 6.13. The van der Waals surface area contributed by atoms with Crippen LogP contribution in [0.4, 0.5) is 0 Å². The van der Waals surface area contributed by atoms with Crippen LogP contribution >= 0.6 is 0 Å². The van der Waals surface area contributed by atoms with Crippen molar-refractivity contribution in [2.24, 2.45) is 0 Å². The summed E-state index contributed by atoms with van der Waals surface area (Å²) >= 11 is 0. The number of ether oxygens (including phenoxy) is 2. The van der Waals surface area contributed by atoms with Crippen LogP contribution in [0.2, 0.25) is 0 Å². The highest BCUT2D eigenvalue weighted by atomic mass is 16.5. The molecular formula is C19H20N2O3. The van der Waals surface area contributed by atoms with Gasteiger partial charge in [-0.1, -0.05) is 12.1 Å². The lowest BCUT2D eigenvalue weighted by Gasteiger charge is -2.25. The first-order chi connectivity index (χ1) is 11.8. The van der Waals surface area contributed by atoms with E-state index in [1.54, 1.807) is 12.3 Å². The topological polar surface area (TPSA) is 51.7 Å². The molecule has 5 heteroatoms. The molecule has 1 aromatic heterocycles. The maximum atomic E-state index is 12.8. The molecule has 4 rings (SSSR count). The van der Waals surface area contributed by atoms with Crippen LogP contribution in [0.5, 0.6) is 11.5 Å². The van der Waals surface area contributed by atoms with E-state index in [-0.39, 0.29) is 11.9 Å². The van der Waals surface area contributed by atoms with Gasteiger partial charge in [-0.15, -0.1) is 0 Å². The Morgan fingerprint density at radius 3 is 2.79 bits per heavy atom. The Morgan fingerprint density at radius 2 is 1.96 bits per heavy atom. The molecule has 3 heterocycles. The van der Waals surface area contributed by atoms with Gasteiger partial charge in [0.05, 0.1) is 19.3 Å². The summed E-state index contributed by atoms with van der Waals surface area (Å²) in [5.41, 5.74) is 1.60. The first-order valence-electron chi connectivity index (χ1n) is 8.44. The molecule has 2 aromatic rings. The maximum Gasteiger partial charge on any atom is 0.272 e. The summed E-state index contributed by atoms with van der Waals surface area (Å²) < 4.78 is 11.5. The fraction of sp³-hybridized carbons (Fsp3) is 0.368. The van der Waals surface area contributed by atoms with Crippen LogP contribution in [-0.2, 0) is 0 Å². The van der Waals surface area contributed by atoms with Crippen LogP contribution in [0.1, 0.15) is 41.4 Å². The minimum atomic E-state index is -0.00906. The van der Waals surface area contributed by atoms with E-state index in [1.807, 2.05) is 35.2 Å². The van der Waals surface area contributed by atoms with Crippen molar-refractivity contribution in [2.75, 3.05) is 19.8 Å². The molecule has 1 atom stereocenters. The molecule has 24 heavy (non-hydrogen) atoms. The highest BCUT2D eigenvalue weighted by molar-refractivity contribution is 5.92. The van der Waals surface area contributed by atoms with Gasteiger partial charge in [-0.25, -0.2) is 0 Å². The lowest BCUT2D eigenvalue weighted by atomic mass is 10.0. The first-order valence-corrected chi connectivity index (χ1v) is 8.44. The highest BCUT2D eigenvalue weighted by Gasteiger charge is 2.31. The standard InChI is InChI=1S/C19H20N2O3/c22-19(15-5-1-2-9-20-15)21-10-3-6-16(21)14-7-8-17-18(13-14)24-12-4-11-23-17/h1-2,5,7-9,13,16H,3-4,6,10-12H2/t16-/m0/s1. The Balaban J connectivity index is 1.61. The van der Waals surface area contributed by atoms with Crippen LogP contribution < -0.4 is 9.47 Å². The number of carbonyl (C=O) groups is 1. The van der Waals surface area contributed by atoms with Gasteiger partial charge in [0.1, 0.15) is 5.69 Å². The zero-order valence-electron chi connectivity index (χ0n) is 13.5. The molecule has 0 bridgehead atoms. The van der Waals surface area contributed by atoms with Crippen molar-refractivity contribution in [3.05, 3.63) is 53.9 Å². The third-order valence-corrected chi connectivity index (χ3v) is 4.55. The SMILES string of the molecule is O=C(c1ccccn1)N1CCC[C@H]1c1ccc2c(c1)OCCCO2. The number of carbonyl (C=O) groups excluding carboxylic acids is 1. The van der Waals surface area contributed by atoms with Crippen LogP contribution in [0.3, 0.4) is 0 Å². The molecule has 0 N–H and O–H groups in total. The molecule has 0 unspecified atom stereocenters. The molecule has 0 radical (unpaired) electrons. The van der Waals surface area contributed by atoms with Crippen LogP contribution in [0, 0.1) is 0 Å². The Labute approximate surface area is 141 Å². The molecule has 5 nitrogen and oxygen atoms in total. The average molecular weight is 324 g/mol. The fourth-order valence-corrected chi connectivity index (χ4v) is 3.38. The van der Waals surface area contributed by atoms with Gasteiger partial charge >= 0.3 is 0 Å². The van der Waals surface area contributed by atoms with Crippen molar-refractivity contribution >= 4 is 5.91 Å². The second-order valence-corrected chi connectivity index (χ2v) is 6.13. The van der Waals surface area contributed by atoms with Gasteiger partial charge < -0.3 is 14.4 Å². The molecule has 0 aliphatic carbocycles. The van der Waals surface area contributed by atoms with Gasteiger partial charge in [0.2, 0.25) is 0 Å². The average Bonchev–Trinajstić information content (AvgIpc) is 3.00. The number of likely N-dealkylation sites (tertiary alicyclic amines) is 1. The Bertz CT molecular complexity index is 733. The largest absolute Gasteiger partial charge is 0.490 e. The van der Waals surface area contributed by atoms with Gasteiger partial charge in [-0.05, 0) is 42.7 Å². The lowest BCUT2D eigenvalue weighted by molar-refractivity contribution is 0.0729. The third kappa shape index (κ3) is 2.82. The molecule has 2 aliphatic heterocycles. The summed E-state index contributed by atoms with van der Waals surface area (Å²) in [4.78, 5) is 18.9. The molecule has 1 fully saturated rings. The molecule has 2 aliphatic rings. The number of nitrogens with zero attached hydrogens (tertiary/aromatic N) is 2. The third-order valence-electron chi connectivity index (χ3n) is 4.55. The molecule has 1 aromatic carbocycles. The van der Waals surface area contributed by atoms with E-state index in [2.05, 4.69) is 4.98 Å².